The first-order valence-corrected chi connectivity index (χ1v) is 4.14. The Hall–Kier alpha value is -1.10. The lowest BCUT2D eigenvalue weighted by Crippen LogP contribution is -2.54. The zero-order valence-corrected chi connectivity index (χ0v) is 7.56. The second kappa shape index (κ2) is 3.33. The van der Waals surface area contributed by atoms with E-state index in [-0.39, 0.29) is 0 Å². The molecular weight excluding hydrogens is 174 g/mol. The van der Waals surface area contributed by atoms with E-state index >= 15 is 0 Å². The SMILES string of the molecule is C[C@@H]1OC(=O)[C@H](C)[C@@H](N)[C@H]1C(=O)O. The molecule has 0 aromatic rings. The predicted octanol–water partition coefficient (Wildman–Crippen LogP) is -0.404. The maximum atomic E-state index is 11.1. The molecule has 0 saturated carbocycles. The maximum Gasteiger partial charge on any atom is 0.311 e. The van der Waals surface area contributed by atoms with E-state index in [1.807, 2.05) is 0 Å². The second-order valence-electron chi connectivity index (χ2n) is 3.37. The number of cyclic esters (lactones) is 1. The molecule has 5 nitrogen and oxygen atoms in total. The van der Waals surface area contributed by atoms with Crippen LogP contribution in [0, 0.1) is 11.8 Å². The molecule has 0 unspecified atom stereocenters. The summed E-state index contributed by atoms with van der Waals surface area (Å²) in [6.07, 6.45) is -0.642. The van der Waals surface area contributed by atoms with Crippen molar-refractivity contribution in [1.82, 2.24) is 0 Å². The smallest absolute Gasteiger partial charge is 0.311 e. The summed E-state index contributed by atoms with van der Waals surface area (Å²) in [4.78, 5) is 21.8. The van der Waals surface area contributed by atoms with Crippen molar-refractivity contribution < 1.29 is 19.4 Å². The fraction of sp³-hybridized carbons (Fsp3) is 0.750. The monoisotopic (exact) mass is 187 g/mol. The molecule has 1 saturated heterocycles. The molecule has 13 heavy (non-hydrogen) atoms. The van der Waals surface area contributed by atoms with E-state index in [1.165, 1.54) is 0 Å². The van der Waals surface area contributed by atoms with E-state index in [4.69, 9.17) is 15.6 Å². The number of hydrogen-bond acceptors (Lipinski definition) is 4. The number of carbonyl (C=O) groups is 2. The number of nitrogens with two attached hydrogens (primary N) is 1. The minimum absolute atomic E-state index is 0.419. The highest BCUT2D eigenvalue weighted by Crippen LogP contribution is 2.25. The molecule has 0 aromatic carbocycles. The summed E-state index contributed by atoms with van der Waals surface area (Å²) in [5, 5.41) is 8.81. The standard InChI is InChI=1S/C8H13NO4/c1-3-6(9)5(7(10)11)4(2)13-8(3)12/h3-6H,9H2,1-2H3,(H,10,11)/t3-,4+,5+,6-/m1/s1. The summed E-state index contributed by atoms with van der Waals surface area (Å²) in [6, 6.07) is -0.659. The molecule has 0 amide bonds. The van der Waals surface area contributed by atoms with Crippen LogP contribution in [-0.4, -0.2) is 29.2 Å². The van der Waals surface area contributed by atoms with E-state index in [1.54, 1.807) is 13.8 Å². The van der Waals surface area contributed by atoms with Crippen LogP contribution in [0.2, 0.25) is 0 Å². The Morgan fingerprint density at radius 2 is 2.08 bits per heavy atom. The fourth-order valence-electron chi connectivity index (χ4n) is 1.51. The van der Waals surface area contributed by atoms with Gasteiger partial charge < -0.3 is 15.6 Å². The van der Waals surface area contributed by atoms with Crippen molar-refractivity contribution in [2.24, 2.45) is 17.6 Å². The Morgan fingerprint density at radius 1 is 1.54 bits per heavy atom. The third-order valence-corrected chi connectivity index (χ3v) is 2.46. The van der Waals surface area contributed by atoms with Gasteiger partial charge in [-0.3, -0.25) is 9.59 Å². The Morgan fingerprint density at radius 3 is 2.54 bits per heavy atom. The lowest BCUT2D eigenvalue weighted by molar-refractivity contribution is -0.172. The highest BCUT2D eigenvalue weighted by Gasteiger charge is 2.43. The van der Waals surface area contributed by atoms with Gasteiger partial charge in [0, 0.05) is 6.04 Å². The number of carbonyl (C=O) groups excluding carboxylic acids is 1. The van der Waals surface area contributed by atoms with Gasteiger partial charge in [0.05, 0.1) is 5.92 Å². The van der Waals surface area contributed by atoms with Gasteiger partial charge in [-0.1, -0.05) is 6.92 Å². The topological polar surface area (TPSA) is 89.6 Å². The number of rotatable bonds is 1. The number of esters is 1. The lowest BCUT2D eigenvalue weighted by Gasteiger charge is -2.34. The van der Waals surface area contributed by atoms with Gasteiger partial charge in [0.1, 0.15) is 12.0 Å². The Balaban J connectivity index is 2.85. The van der Waals surface area contributed by atoms with Gasteiger partial charge in [-0.25, -0.2) is 0 Å². The molecule has 0 bridgehead atoms. The van der Waals surface area contributed by atoms with Gasteiger partial charge in [-0.05, 0) is 6.92 Å². The zero-order valence-electron chi connectivity index (χ0n) is 7.56. The molecule has 1 fully saturated rings. The molecule has 4 atom stereocenters. The summed E-state index contributed by atoms with van der Waals surface area (Å²) < 4.78 is 4.84. The Kier molecular flexibility index (Phi) is 2.56. The van der Waals surface area contributed by atoms with Crippen LogP contribution in [0.3, 0.4) is 0 Å². The number of hydrogen-bond donors (Lipinski definition) is 2. The quantitative estimate of drug-likeness (QED) is 0.545. The van der Waals surface area contributed by atoms with Crippen LogP contribution < -0.4 is 5.73 Å². The van der Waals surface area contributed by atoms with Crippen molar-refractivity contribution in [3.8, 4) is 0 Å². The number of carboxylic acids is 1. The molecule has 74 valence electrons. The minimum Gasteiger partial charge on any atom is -0.481 e. The molecule has 0 aromatic heterocycles. The predicted molar refractivity (Wildman–Crippen MR) is 43.8 cm³/mol. The van der Waals surface area contributed by atoms with E-state index in [2.05, 4.69) is 0 Å². The maximum absolute atomic E-state index is 11.1. The van der Waals surface area contributed by atoms with Gasteiger partial charge in [0.2, 0.25) is 0 Å². The van der Waals surface area contributed by atoms with Crippen LogP contribution in [-0.2, 0) is 14.3 Å². The molecule has 3 N–H and O–H groups in total. The van der Waals surface area contributed by atoms with E-state index < -0.39 is 35.9 Å². The third-order valence-electron chi connectivity index (χ3n) is 2.46. The number of ether oxygens (including phenoxy) is 1. The van der Waals surface area contributed by atoms with E-state index in [0.29, 0.717) is 0 Å². The summed E-state index contributed by atoms with van der Waals surface area (Å²) in [6.45, 7) is 3.12. The van der Waals surface area contributed by atoms with Crippen LogP contribution in [0.4, 0.5) is 0 Å². The van der Waals surface area contributed by atoms with Gasteiger partial charge in [-0.2, -0.15) is 0 Å². The van der Waals surface area contributed by atoms with Crippen LogP contribution >= 0.6 is 0 Å². The highest BCUT2D eigenvalue weighted by atomic mass is 16.5. The van der Waals surface area contributed by atoms with Crippen molar-refractivity contribution >= 4 is 11.9 Å². The van der Waals surface area contributed by atoms with E-state index in [0.717, 1.165) is 0 Å². The van der Waals surface area contributed by atoms with Crippen molar-refractivity contribution in [3.05, 3.63) is 0 Å². The molecular formula is C8H13NO4. The van der Waals surface area contributed by atoms with Gasteiger partial charge in [0.15, 0.2) is 0 Å². The van der Waals surface area contributed by atoms with Crippen LogP contribution in [0.1, 0.15) is 13.8 Å². The van der Waals surface area contributed by atoms with Crippen LogP contribution in [0.25, 0.3) is 0 Å². The van der Waals surface area contributed by atoms with Crippen molar-refractivity contribution in [1.29, 1.82) is 0 Å². The molecule has 0 aliphatic carbocycles. The molecule has 5 heteroatoms. The average Bonchev–Trinajstić information content (AvgIpc) is 1.99. The molecule has 1 rings (SSSR count). The summed E-state index contributed by atoms with van der Waals surface area (Å²) in [5.74, 6) is -2.78. The van der Waals surface area contributed by atoms with Crippen molar-refractivity contribution in [3.63, 3.8) is 0 Å². The Labute approximate surface area is 75.9 Å². The fourth-order valence-corrected chi connectivity index (χ4v) is 1.51. The molecule has 1 aliphatic rings. The normalized spacial score (nSPS) is 39.8. The summed E-state index contributed by atoms with van der Waals surface area (Å²) in [5.41, 5.74) is 5.62. The van der Waals surface area contributed by atoms with Crippen molar-refractivity contribution in [2.75, 3.05) is 0 Å². The van der Waals surface area contributed by atoms with Gasteiger partial charge in [-0.15, -0.1) is 0 Å². The zero-order chi connectivity index (χ0) is 10.2. The van der Waals surface area contributed by atoms with Crippen LogP contribution in [0.15, 0.2) is 0 Å². The highest BCUT2D eigenvalue weighted by molar-refractivity contribution is 5.79. The minimum atomic E-state index is -1.01. The molecule has 1 aliphatic heterocycles. The Bertz CT molecular complexity index is 240. The number of aliphatic carboxylic acids is 1. The number of carboxylic acid groups (broad SMARTS) is 1. The average molecular weight is 187 g/mol. The first-order chi connectivity index (χ1) is 5.95. The third kappa shape index (κ3) is 1.65. The van der Waals surface area contributed by atoms with Gasteiger partial charge in [0.25, 0.3) is 0 Å². The van der Waals surface area contributed by atoms with Crippen LogP contribution in [0.5, 0.6) is 0 Å². The summed E-state index contributed by atoms with van der Waals surface area (Å²) >= 11 is 0. The first kappa shape index (κ1) is 9.98. The molecule has 0 spiro atoms. The molecule has 0 radical (unpaired) electrons. The van der Waals surface area contributed by atoms with Gasteiger partial charge >= 0.3 is 11.9 Å². The second-order valence-corrected chi connectivity index (χ2v) is 3.37. The summed E-state index contributed by atoms with van der Waals surface area (Å²) in [7, 11) is 0. The molecule has 1 heterocycles. The first-order valence-electron chi connectivity index (χ1n) is 4.14. The lowest BCUT2D eigenvalue weighted by atomic mass is 9.84. The van der Waals surface area contributed by atoms with E-state index in [9.17, 15) is 9.59 Å². The van der Waals surface area contributed by atoms with Crippen molar-refractivity contribution in [2.45, 2.75) is 26.0 Å². The largest absolute Gasteiger partial charge is 0.481 e.